The van der Waals surface area contributed by atoms with Crippen LogP contribution in [0.5, 0.6) is 0 Å². The smallest absolute Gasteiger partial charge is 0.0836 e. The normalized spacial score (nSPS) is 28.7. The number of hydrogen-bond donors (Lipinski definition) is 1. The van der Waals surface area contributed by atoms with Crippen LogP contribution in [0.4, 0.5) is 0 Å². The van der Waals surface area contributed by atoms with Gasteiger partial charge >= 0.3 is 0 Å². The van der Waals surface area contributed by atoms with Gasteiger partial charge in [0.1, 0.15) is 0 Å². The van der Waals surface area contributed by atoms with E-state index >= 15 is 0 Å². The highest BCUT2D eigenvalue weighted by atomic mass is 16.6. The molecular weight excluding hydrogens is 202 g/mol. The minimum Gasteiger partial charge on any atom is -0.376 e. The van der Waals surface area contributed by atoms with Crippen LogP contribution in [0.25, 0.3) is 0 Å². The van der Waals surface area contributed by atoms with E-state index < -0.39 is 0 Å². The van der Waals surface area contributed by atoms with E-state index in [0.29, 0.717) is 6.10 Å². The molecule has 0 aromatic carbocycles. The summed E-state index contributed by atoms with van der Waals surface area (Å²) in [7, 11) is 0. The lowest BCUT2D eigenvalue weighted by Crippen LogP contribution is -2.41. The van der Waals surface area contributed by atoms with Gasteiger partial charge in [-0.15, -0.1) is 0 Å². The zero-order valence-electron chi connectivity index (χ0n) is 10.5. The second-order valence-corrected chi connectivity index (χ2v) is 5.15. The molecule has 1 unspecified atom stereocenters. The molecule has 3 heteroatoms. The highest BCUT2D eigenvalue weighted by Gasteiger charge is 2.41. The molecule has 1 N–H and O–H groups in total. The standard InChI is InChI=1S/C13H25NO2/c1-2-3-4-9-15-12-10-13(16-11-12)5-7-14-8-6-13/h12,14H,2-11H2,1H3. The third-order valence-corrected chi connectivity index (χ3v) is 3.79. The van der Waals surface area contributed by atoms with Gasteiger partial charge in [-0.05, 0) is 32.4 Å². The average molecular weight is 227 g/mol. The van der Waals surface area contributed by atoms with Gasteiger partial charge in [0.15, 0.2) is 0 Å². The van der Waals surface area contributed by atoms with Crippen LogP contribution in [-0.4, -0.2) is 38.0 Å². The summed E-state index contributed by atoms with van der Waals surface area (Å²) in [5, 5.41) is 3.39. The molecule has 2 aliphatic heterocycles. The van der Waals surface area contributed by atoms with E-state index in [1.54, 1.807) is 0 Å². The van der Waals surface area contributed by atoms with Crippen LogP contribution in [0.1, 0.15) is 45.4 Å². The Balaban J connectivity index is 1.66. The first-order valence-electron chi connectivity index (χ1n) is 6.81. The Kier molecular flexibility index (Phi) is 4.62. The van der Waals surface area contributed by atoms with Crippen molar-refractivity contribution in [3.8, 4) is 0 Å². The van der Waals surface area contributed by atoms with Gasteiger partial charge in [0, 0.05) is 13.0 Å². The zero-order valence-corrected chi connectivity index (χ0v) is 10.5. The van der Waals surface area contributed by atoms with E-state index in [1.807, 2.05) is 0 Å². The Morgan fingerprint density at radius 3 is 2.88 bits per heavy atom. The van der Waals surface area contributed by atoms with Gasteiger partial charge < -0.3 is 14.8 Å². The highest BCUT2D eigenvalue weighted by Crippen LogP contribution is 2.35. The summed E-state index contributed by atoms with van der Waals surface area (Å²) in [6.07, 6.45) is 7.52. The second-order valence-electron chi connectivity index (χ2n) is 5.15. The largest absolute Gasteiger partial charge is 0.376 e. The Labute approximate surface area is 98.9 Å². The summed E-state index contributed by atoms with van der Waals surface area (Å²) in [4.78, 5) is 0. The molecule has 2 saturated heterocycles. The van der Waals surface area contributed by atoms with Crippen molar-refractivity contribution in [2.75, 3.05) is 26.3 Å². The highest BCUT2D eigenvalue weighted by molar-refractivity contribution is 4.93. The summed E-state index contributed by atoms with van der Waals surface area (Å²) in [5.41, 5.74) is 0.153. The van der Waals surface area contributed by atoms with Crippen molar-refractivity contribution in [2.45, 2.75) is 57.2 Å². The predicted molar refractivity (Wildman–Crippen MR) is 64.7 cm³/mol. The van der Waals surface area contributed by atoms with Gasteiger partial charge in [0.2, 0.25) is 0 Å². The molecule has 2 rings (SSSR count). The van der Waals surface area contributed by atoms with Gasteiger partial charge in [0.05, 0.1) is 18.3 Å². The molecule has 94 valence electrons. The molecule has 0 aliphatic carbocycles. The van der Waals surface area contributed by atoms with Crippen molar-refractivity contribution >= 4 is 0 Å². The molecular formula is C13H25NO2. The Bertz CT molecular complexity index is 202. The molecule has 0 amide bonds. The fourth-order valence-corrected chi connectivity index (χ4v) is 2.74. The number of rotatable bonds is 5. The summed E-state index contributed by atoms with van der Waals surface area (Å²) in [5.74, 6) is 0. The number of piperidine rings is 1. The quantitative estimate of drug-likeness (QED) is 0.730. The molecule has 1 spiro atoms. The van der Waals surface area contributed by atoms with Crippen LogP contribution in [0.2, 0.25) is 0 Å². The van der Waals surface area contributed by atoms with Gasteiger partial charge in [-0.1, -0.05) is 19.8 Å². The number of nitrogens with one attached hydrogen (secondary N) is 1. The van der Waals surface area contributed by atoms with Crippen molar-refractivity contribution in [1.29, 1.82) is 0 Å². The molecule has 0 aromatic heterocycles. The predicted octanol–water partition coefficient (Wildman–Crippen LogP) is 2.10. The van der Waals surface area contributed by atoms with E-state index in [1.165, 1.54) is 19.3 Å². The molecule has 2 heterocycles. The maximum absolute atomic E-state index is 5.99. The van der Waals surface area contributed by atoms with E-state index in [0.717, 1.165) is 45.6 Å². The summed E-state index contributed by atoms with van der Waals surface area (Å²) in [6.45, 7) is 6.15. The molecule has 0 aromatic rings. The third-order valence-electron chi connectivity index (χ3n) is 3.79. The van der Waals surface area contributed by atoms with Crippen molar-refractivity contribution in [1.82, 2.24) is 5.32 Å². The van der Waals surface area contributed by atoms with Crippen molar-refractivity contribution in [2.24, 2.45) is 0 Å². The van der Waals surface area contributed by atoms with Crippen molar-refractivity contribution in [3.05, 3.63) is 0 Å². The topological polar surface area (TPSA) is 30.5 Å². The van der Waals surface area contributed by atoms with Gasteiger partial charge in [-0.2, -0.15) is 0 Å². The third kappa shape index (κ3) is 3.19. The Morgan fingerprint density at radius 1 is 1.31 bits per heavy atom. The maximum Gasteiger partial charge on any atom is 0.0836 e. The molecule has 0 bridgehead atoms. The van der Waals surface area contributed by atoms with Crippen LogP contribution >= 0.6 is 0 Å². The number of ether oxygens (including phenoxy) is 2. The molecule has 3 nitrogen and oxygen atoms in total. The zero-order chi connectivity index (χ0) is 11.3. The van der Waals surface area contributed by atoms with E-state index in [9.17, 15) is 0 Å². The van der Waals surface area contributed by atoms with Crippen molar-refractivity contribution in [3.63, 3.8) is 0 Å². The molecule has 1 atom stereocenters. The Morgan fingerprint density at radius 2 is 2.12 bits per heavy atom. The second kappa shape index (κ2) is 5.99. The fraction of sp³-hybridized carbons (Fsp3) is 1.00. The van der Waals surface area contributed by atoms with Gasteiger partial charge in [-0.3, -0.25) is 0 Å². The summed E-state index contributed by atoms with van der Waals surface area (Å²) in [6, 6.07) is 0. The fourth-order valence-electron chi connectivity index (χ4n) is 2.74. The van der Waals surface area contributed by atoms with E-state index in [-0.39, 0.29) is 5.60 Å². The average Bonchev–Trinajstić information content (AvgIpc) is 2.69. The lowest BCUT2D eigenvalue weighted by Gasteiger charge is -2.32. The lowest BCUT2D eigenvalue weighted by atomic mass is 9.89. The van der Waals surface area contributed by atoms with Crippen LogP contribution < -0.4 is 5.32 Å². The summed E-state index contributed by atoms with van der Waals surface area (Å²) < 4.78 is 11.9. The monoisotopic (exact) mass is 227 g/mol. The Hall–Kier alpha value is -0.120. The first-order chi connectivity index (χ1) is 7.85. The van der Waals surface area contributed by atoms with Crippen LogP contribution in [-0.2, 0) is 9.47 Å². The van der Waals surface area contributed by atoms with Gasteiger partial charge in [0.25, 0.3) is 0 Å². The van der Waals surface area contributed by atoms with Crippen LogP contribution in [0.15, 0.2) is 0 Å². The van der Waals surface area contributed by atoms with Gasteiger partial charge in [-0.25, -0.2) is 0 Å². The SMILES string of the molecule is CCCCCOC1COC2(CCNCC2)C1. The lowest BCUT2D eigenvalue weighted by molar-refractivity contribution is -0.0234. The van der Waals surface area contributed by atoms with E-state index in [4.69, 9.17) is 9.47 Å². The minimum atomic E-state index is 0.153. The number of hydrogen-bond acceptors (Lipinski definition) is 3. The maximum atomic E-state index is 5.99. The first kappa shape index (κ1) is 12.3. The molecule has 2 fully saturated rings. The molecule has 2 aliphatic rings. The minimum absolute atomic E-state index is 0.153. The van der Waals surface area contributed by atoms with Crippen LogP contribution in [0, 0.1) is 0 Å². The van der Waals surface area contributed by atoms with E-state index in [2.05, 4.69) is 12.2 Å². The van der Waals surface area contributed by atoms with Crippen molar-refractivity contribution < 1.29 is 9.47 Å². The molecule has 0 saturated carbocycles. The molecule has 16 heavy (non-hydrogen) atoms. The summed E-state index contributed by atoms with van der Waals surface area (Å²) >= 11 is 0. The van der Waals surface area contributed by atoms with Crippen LogP contribution in [0.3, 0.4) is 0 Å². The first-order valence-corrected chi connectivity index (χ1v) is 6.81. The number of unbranched alkanes of at least 4 members (excludes halogenated alkanes) is 2. The molecule has 0 radical (unpaired) electrons.